The van der Waals surface area contributed by atoms with Crippen LogP contribution >= 0.6 is 11.6 Å². The van der Waals surface area contributed by atoms with Gasteiger partial charge in [-0.3, -0.25) is 0 Å². The second-order valence-electron chi connectivity index (χ2n) is 4.42. The van der Waals surface area contributed by atoms with Crippen molar-refractivity contribution in [2.45, 2.75) is 13.8 Å². The van der Waals surface area contributed by atoms with Crippen LogP contribution in [0.1, 0.15) is 12.5 Å². The quantitative estimate of drug-likeness (QED) is 0.906. The first-order valence-corrected chi connectivity index (χ1v) is 6.75. The van der Waals surface area contributed by atoms with E-state index >= 15 is 0 Å². The maximum absolute atomic E-state index is 9.87. The van der Waals surface area contributed by atoms with Crippen molar-refractivity contribution in [2.24, 2.45) is 0 Å². The third-order valence-corrected chi connectivity index (χ3v) is 3.36. The lowest BCUT2D eigenvalue weighted by molar-refractivity contribution is 0.340. The van der Waals surface area contributed by atoms with Gasteiger partial charge in [0.1, 0.15) is 5.75 Å². The summed E-state index contributed by atoms with van der Waals surface area (Å²) in [4.78, 5) is 0. The summed E-state index contributed by atoms with van der Waals surface area (Å²) in [7, 11) is 1.53. The third kappa shape index (κ3) is 2.83. The minimum absolute atomic E-state index is 0.151. The monoisotopic (exact) mass is 292 g/mol. The molecular weight excluding hydrogens is 276 g/mol. The molecule has 0 unspecified atom stereocenters. The van der Waals surface area contributed by atoms with Gasteiger partial charge in [-0.1, -0.05) is 11.6 Å². The summed E-state index contributed by atoms with van der Waals surface area (Å²) < 4.78 is 10.6. The Morgan fingerprint density at radius 2 is 1.95 bits per heavy atom. The van der Waals surface area contributed by atoms with Crippen LogP contribution in [0.2, 0.25) is 5.02 Å². The van der Waals surface area contributed by atoms with Crippen molar-refractivity contribution in [3.8, 4) is 28.4 Å². The van der Waals surface area contributed by atoms with Crippen LogP contribution in [0.3, 0.4) is 0 Å². The van der Waals surface area contributed by atoms with Crippen molar-refractivity contribution < 1.29 is 14.6 Å². The van der Waals surface area contributed by atoms with Crippen LogP contribution in [0.5, 0.6) is 17.2 Å². The number of hydrogen-bond acceptors (Lipinski definition) is 3. The van der Waals surface area contributed by atoms with Crippen LogP contribution in [0.25, 0.3) is 11.1 Å². The van der Waals surface area contributed by atoms with Gasteiger partial charge in [0.25, 0.3) is 0 Å². The number of methoxy groups -OCH3 is 1. The number of aromatic hydroxyl groups is 1. The second kappa shape index (κ2) is 6.06. The smallest absolute Gasteiger partial charge is 0.161 e. The van der Waals surface area contributed by atoms with E-state index in [4.69, 9.17) is 21.1 Å². The van der Waals surface area contributed by atoms with Gasteiger partial charge >= 0.3 is 0 Å². The molecule has 0 saturated heterocycles. The van der Waals surface area contributed by atoms with E-state index in [1.54, 1.807) is 12.1 Å². The van der Waals surface area contributed by atoms with Gasteiger partial charge in [-0.2, -0.15) is 0 Å². The first kappa shape index (κ1) is 14.5. The lowest BCUT2D eigenvalue weighted by Gasteiger charge is -2.12. The molecule has 0 bridgehead atoms. The topological polar surface area (TPSA) is 38.7 Å². The Kier molecular flexibility index (Phi) is 4.40. The summed E-state index contributed by atoms with van der Waals surface area (Å²) in [5, 5.41) is 10.5. The molecular formula is C16H17ClO3. The minimum Gasteiger partial charge on any atom is -0.504 e. The summed E-state index contributed by atoms with van der Waals surface area (Å²) >= 11 is 6.30. The fraction of sp³-hybridized carbons (Fsp3) is 0.250. The second-order valence-corrected chi connectivity index (χ2v) is 4.83. The molecule has 0 aliphatic rings. The highest BCUT2D eigenvalue weighted by Gasteiger charge is 2.11. The molecule has 106 valence electrons. The Balaban J connectivity index is 2.49. The van der Waals surface area contributed by atoms with E-state index in [1.165, 1.54) is 7.11 Å². The standard InChI is InChI=1S/C16H17ClO3/c1-4-20-12-5-6-13(14(17)9-12)11-7-10(2)16(18)15(8-11)19-3/h5-9,18H,4H2,1-3H3. The predicted octanol–water partition coefficient (Wildman–Crippen LogP) is 4.43. The Labute approximate surface area is 123 Å². The fourth-order valence-electron chi connectivity index (χ4n) is 2.04. The zero-order chi connectivity index (χ0) is 14.7. The first-order chi connectivity index (χ1) is 9.56. The first-order valence-electron chi connectivity index (χ1n) is 6.37. The molecule has 0 aliphatic heterocycles. The summed E-state index contributed by atoms with van der Waals surface area (Å²) in [6, 6.07) is 9.20. The summed E-state index contributed by atoms with van der Waals surface area (Å²) in [6.07, 6.45) is 0. The van der Waals surface area contributed by atoms with Crippen molar-refractivity contribution >= 4 is 11.6 Å². The molecule has 0 spiro atoms. The van der Waals surface area contributed by atoms with Crippen LogP contribution in [-0.2, 0) is 0 Å². The van der Waals surface area contributed by atoms with Gasteiger partial charge in [-0.15, -0.1) is 0 Å². The minimum atomic E-state index is 0.151. The Hall–Kier alpha value is -1.87. The summed E-state index contributed by atoms with van der Waals surface area (Å²) in [5.74, 6) is 1.33. The highest BCUT2D eigenvalue weighted by molar-refractivity contribution is 6.33. The normalized spacial score (nSPS) is 10.4. The maximum atomic E-state index is 9.87. The average molecular weight is 293 g/mol. The Morgan fingerprint density at radius 3 is 2.55 bits per heavy atom. The van der Waals surface area contributed by atoms with E-state index < -0.39 is 0 Å². The van der Waals surface area contributed by atoms with Crippen LogP contribution < -0.4 is 9.47 Å². The lowest BCUT2D eigenvalue weighted by Crippen LogP contribution is -1.92. The number of phenols is 1. The van der Waals surface area contributed by atoms with Crippen LogP contribution in [0.4, 0.5) is 0 Å². The van der Waals surface area contributed by atoms with Gasteiger partial charge in [-0.05, 0) is 55.3 Å². The summed E-state index contributed by atoms with van der Waals surface area (Å²) in [5.41, 5.74) is 2.51. The van der Waals surface area contributed by atoms with E-state index in [0.29, 0.717) is 17.4 Å². The van der Waals surface area contributed by atoms with Crippen molar-refractivity contribution in [1.29, 1.82) is 0 Å². The largest absolute Gasteiger partial charge is 0.504 e. The van der Waals surface area contributed by atoms with E-state index in [-0.39, 0.29) is 5.75 Å². The number of halogens is 1. The molecule has 1 N–H and O–H groups in total. The molecule has 0 fully saturated rings. The number of benzene rings is 2. The SMILES string of the molecule is CCOc1ccc(-c2cc(C)c(O)c(OC)c2)c(Cl)c1. The van der Waals surface area contributed by atoms with Gasteiger partial charge in [-0.25, -0.2) is 0 Å². The molecule has 4 heteroatoms. The molecule has 2 aromatic carbocycles. The maximum Gasteiger partial charge on any atom is 0.161 e. The number of ether oxygens (including phenoxy) is 2. The van der Waals surface area contributed by atoms with E-state index in [0.717, 1.165) is 22.4 Å². The highest BCUT2D eigenvalue weighted by Crippen LogP contribution is 2.38. The van der Waals surface area contributed by atoms with Crippen molar-refractivity contribution in [3.05, 3.63) is 40.9 Å². The van der Waals surface area contributed by atoms with Crippen molar-refractivity contribution in [3.63, 3.8) is 0 Å². The molecule has 2 aromatic rings. The van der Waals surface area contributed by atoms with Crippen molar-refractivity contribution in [2.75, 3.05) is 13.7 Å². The molecule has 0 aromatic heterocycles. The molecule has 0 heterocycles. The molecule has 0 aliphatic carbocycles. The molecule has 2 rings (SSSR count). The fourth-order valence-corrected chi connectivity index (χ4v) is 2.32. The molecule has 3 nitrogen and oxygen atoms in total. The Morgan fingerprint density at radius 1 is 1.20 bits per heavy atom. The number of aryl methyl sites for hydroxylation is 1. The third-order valence-electron chi connectivity index (χ3n) is 3.05. The zero-order valence-corrected chi connectivity index (χ0v) is 12.5. The van der Waals surface area contributed by atoms with Crippen molar-refractivity contribution in [1.82, 2.24) is 0 Å². The highest BCUT2D eigenvalue weighted by atomic mass is 35.5. The van der Waals surface area contributed by atoms with Gasteiger partial charge < -0.3 is 14.6 Å². The van der Waals surface area contributed by atoms with Gasteiger partial charge in [0, 0.05) is 5.56 Å². The molecule has 0 amide bonds. The molecule has 20 heavy (non-hydrogen) atoms. The predicted molar refractivity (Wildman–Crippen MR) is 81.0 cm³/mol. The molecule has 0 atom stereocenters. The number of hydrogen-bond donors (Lipinski definition) is 1. The average Bonchev–Trinajstić information content (AvgIpc) is 2.42. The lowest BCUT2D eigenvalue weighted by atomic mass is 10.0. The number of rotatable bonds is 4. The van der Waals surface area contributed by atoms with Gasteiger partial charge in [0.05, 0.1) is 18.7 Å². The van der Waals surface area contributed by atoms with Gasteiger partial charge in [0.15, 0.2) is 11.5 Å². The van der Waals surface area contributed by atoms with E-state index in [1.807, 2.05) is 32.0 Å². The van der Waals surface area contributed by atoms with Crippen LogP contribution in [-0.4, -0.2) is 18.8 Å². The van der Waals surface area contributed by atoms with Gasteiger partial charge in [0.2, 0.25) is 0 Å². The van der Waals surface area contributed by atoms with Crippen LogP contribution in [0, 0.1) is 6.92 Å². The molecule has 0 radical (unpaired) electrons. The zero-order valence-electron chi connectivity index (χ0n) is 11.7. The summed E-state index contributed by atoms with van der Waals surface area (Å²) in [6.45, 7) is 4.35. The van der Waals surface area contributed by atoms with Crippen LogP contribution in [0.15, 0.2) is 30.3 Å². The Bertz CT molecular complexity index is 623. The molecule has 0 saturated carbocycles. The van der Waals surface area contributed by atoms with E-state index in [9.17, 15) is 5.11 Å². The van der Waals surface area contributed by atoms with E-state index in [2.05, 4.69) is 0 Å². The number of phenolic OH excluding ortho intramolecular Hbond substituents is 1.